The molecular formula is C12H17NO. The summed E-state index contributed by atoms with van der Waals surface area (Å²) < 4.78 is 5.52. The van der Waals surface area contributed by atoms with Crippen LogP contribution in [0.3, 0.4) is 0 Å². The average Bonchev–Trinajstić information content (AvgIpc) is 2.30. The Balaban J connectivity index is 2.15. The largest absolute Gasteiger partial charge is 0.381 e. The molecule has 1 saturated heterocycles. The van der Waals surface area contributed by atoms with Crippen LogP contribution in [0.1, 0.15) is 17.9 Å². The van der Waals surface area contributed by atoms with Crippen molar-refractivity contribution in [2.75, 3.05) is 20.2 Å². The summed E-state index contributed by atoms with van der Waals surface area (Å²) in [6, 6.07) is 10.6. The van der Waals surface area contributed by atoms with Crippen LogP contribution in [-0.4, -0.2) is 26.3 Å². The molecule has 0 amide bonds. The van der Waals surface area contributed by atoms with Gasteiger partial charge in [0.1, 0.15) is 0 Å². The summed E-state index contributed by atoms with van der Waals surface area (Å²) in [5.41, 5.74) is 1.38. The van der Waals surface area contributed by atoms with Gasteiger partial charge in [-0.25, -0.2) is 0 Å². The van der Waals surface area contributed by atoms with Crippen molar-refractivity contribution in [3.63, 3.8) is 0 Å². The fourth-order valence-electron chi connectivity index (χ4n) is 2.15. The molecule has 0 unspecified atom stereocenters. The third kappa shape index (κ3) is 1.97. The molecule has 2 atom stereocenters. The van der Waals surface area contributed by atoms with Crippen molar-refractivity contribution < 1.29 is 4.74 Å². The number of ether oxygens (including phenoxy) is 1. The van der Waals surface area contributed by atoms with E-state index in [1.807, 2.05) is 7.11 Å². The lowest BCUT2D eigenvalue weighted by Crippen LogP contribution is -2.39. The summed E-state index contributed by atoms with van der Waals surface area (Å²) in [6.07, 6.45) is 1.48. The maximum absolute atomic E-state index is 5.52. The number of methoxy groups -OCH3 is 1. The van der Waals surface area contributed by atoms with Crippen LogP contribution in [0.25, 0.3) is 0 Å². The maximum Gasteiger partial charge on any atom is 0.0664 e. The average molecular weight is 191 g/mol. The third-order valence-electron chi connectivity index (χ3n) is 2.95. The molecule has 1 N–H and O–H groups in total. The number of hydrogen-bond acceptors (Lipinski definition) is 2. The molecule has 0 aliphatic carbocycles. The molecule has 0 spiro atoms. The van der Waals surface area contributed by atoms with Crippen LogP contribution < -0.4 is 5.32 Å². The van der Waals surface area contributed by atoms with E-state index < -0.39 is 0 Å². The van der Waals surface area contributed by atoms with Crippen molar-refractivity contribution in [1.82, 2.24) is 5.32 Å². The van der Waals surface area contributed by atoms with Crippen LogP contribution >= 0.6 is 0 Å². The molecule has 2 heteroatoms. The van der Waals surface area contributed by atoms with E-state index >= 15 is 0 Å². The highest BCUT2D eigenvalue weighted by Crippen LogP contribution is 2.25. The van der Waals surface area contributed by atoms with Crippen LogP contribution in [-0.2, 0) is 4.74 Å². The minimum Gasteiger partial charge on any atom is -0.381 e. The van der Waals surface area contributed by atoms with E-state index in [1.165, 1.54) is 5.56 Å². The fourth-order valence-corrected chi connectivity index (χ4v) is 2.15. The van der Waals surface area contributed by atoms with E-state index in [-0.39, 0.29) is 0 Å². The first-order valence-electron chi connectivity index (χ1n) is 5.20. The van der Waals surface area contributed by atoms with Crippen molar-refractivity contribution in [3.05, 3.63) is 35.9 Å². The number of rotatable bonds is 2. The molecule has 76 valence electrons. The van der Waals surface area contributed by atoms with Crippen LogP contribution in [0.5, 0.6) is 0 Å². The van der Waals surface area contributed by atoms with Gasteiger partial charge >= 0.3 is 0 Å². The summed E-state index contributed by atoms with van der Waals surface area (Å²) in [5, 5.41) is 3.42. The zero-order valence-electron chi connectivity index (χ0n) is 8.57. The summed E-state index contributed by atoms with van der Waals surface area (Å²) >= 11 is 0. The normalized spacial score (nSPS) is 27.5. The standard InChI is InChI=1S/C12H17NO/c1-14-12-7-8-13-9-11(12)10-5-3-2-4-6-10/h2-6,11-13H,7-9H2,1H3/t11-,12+/m0/s1. The molecule has 1 fully saturated rings. The number of nitrogens with one attached hydrogen (secondary N) is 1. The van der Waals surface area contributed by atoms with Gasteiger partial charge in [-0.05, 0) is 18.5 Å². The molecule has 1 aromatic rings. The monoisotopic (exact) mass is 191 g/mol. The highest BCUT2D eigenvalue weighted by molar-refractivity contribution is 5.21. The Kier molecular flexibility index (Phi) is 3.17. The lowest BCUT2D eigenvalue weighted by atomic mass is 9.89. The molecule has 2 nitrogen and oxygen atoms in total. The second-order valence-electron chi connectivity index (χ2n) is 3.78. The van der Waals surface area contributed by atoms with Crippen molar-refractivity contribution in [3.8, 4) is 0 Å². The fraction of sp³-hybridized carbons (Fsp3) is 0.500. The maximum atomic E-state index is 5.52. The van der Waals surface area contributed by atoms with Gasteiger partial charge in [-0.15, -0.1) is 0 Å². The topological polar surface area (TPSA) is 21.3 Å². The van der Waals surface area contributed by atoms with Crippen LogP contribution in [0.15, 0.2) is 30.3 Å². The predicted molar refractivity (Wildman–Crippen MR) is 57.5 cm³/mol. The molecule has 0 aromatic heterocycles. The van der Waals surface area contributed by atoms with Gasteiger partial charge in [0.15, 0.2) is 0 Å². The molecule has 1 aromatic carbocycles. The Labute approximate surface area is 85.3 Å². The zero-order chi connectivity index (χ0) is 9.80. The van der Waals surface area contributed by atoms with E-state index in [1.54, 1.807) is 0 Å². The molecule has 1 aliphatic rings. The zero-order valence-corrected chi connectivity index (χ0v) is 8.57. The molecule has 0 saturated carbocycles. The highest BCUT2D eigenvalue weighted by atomic mass is 16.5. The molecule has 0 bridgehead atoms. The first-order valence-corrected chi connectivity index (χ1v) is 5.20. The van der Waals surface area contributed by atoms with E-state index in [0.29, 0.717) is 12.0 Å². The molecule has 0 radical (unpaired) electrons. The molecule has 1 heterocycles. The highest BCUT2D eigenvalue weighted by Gasteiger charge is 2.25. The smallest absolute Gasteiger partial charge is 0.0664 e. The first-order chi connectivity index (χ1) is 6.92. The van der Waals surface area contributed by atoms with E-state index in [4.69, 9.17) is 4.74 Å². The summed E-state index contributed by atoms with van der Waals surface area (Å²) in [7, 11) is 1.81. The molecule has 14 heavy (non-hydrogen) atoms. The van der Waals surface area contributed by atoms with Crippen molar-refractivity contribution in [2.24, 2.45) is 0 Å². The van der Waals surface area contributed by atoms with Gasteiger partial charge in [-0.2, -0.15) is 0 Å². The van der Waals surface area contributed by atoms with Gasteiger partial charge in [-0.3, -0.25) is 0 Å². The SMILES string of the molecule is CO[C@@H]1CCNC[C@H]1c1ccccc1. The Bertz CT molecular complexity index is 273. The summed E-state index contributed by atoms with van der Waals surface area (Å²) in [4.78, 5) is 0. The van der Waals surface area contributed by atoms with Gasteiger partial charge in [0.25, 0.3) is 0 Å². The summed E-state index contributed by atoms with van der Waals surface area (Å²) in [5.74, 6) is 0.509. The Morgan fingerprint density at radius 2 is 2.07 bits per heavy atom. The minimum atomic E-state index is 0.374. The number of piperidine rings is 1. The van der Waals surface area contributed by atoms with Crippen LogP contribution in [0, 0.1) is 0 Å². The summed E-state index contributed by atoms with van der Waals surface area (Å²) in [6.45, 7) is 2.10. The van der Waals surface area contributed by atoms with Gasteiger partial charge in [0, 0.05) is 19.6 Å². The van der Waals surface area contributed by atoms with E-state index in [2.05, 4.69) is 35.6 Å². The van der Waals surface area contributed by atoms with Crippen LogP contribution in [0.4, 0.5) is 0 Å². The Hall–Kier alpha value is -0.860. The lowest BCUT2D eigenvalue weighted by Gasteiger charge is -2.31. The molecule has 2 rings (SSSR count). The first kappa shape index (κ1) is 9.69. The number of hydrogen-bond donors (Lipinski definition) is 1. The van der Waals surface area contributed by atoms with Gasteiger partial charge < -0.3 is 10.1 Å². The van der Waals surface area contributed by atoms with E-state index in [0.717, 1.165) is 19.5 Å². The van der Waals surface area contributed by atoms with Gasteiger partial charge in [-0.1, -0.05) is 30.3 Å². The van der Waals surface area contributed by atoms with Crippen LogP contribution in [0.2, 0.25) is 0 Å². The third-order valence-corrected chi connectivity index (χ3v) is 2.95. The van der Waals surface area contributed by atoms with E-state index in [9.17, 15) is 0 Å². The second kappa shape index (κ2) is 4.58. The second-order valence-corrected chi connectivity index (χ2v) is 3.78. The van der Waals surface area contributed by atoms with Gasteiger partial charge in [0.2, 0.25) is 0 Å². The van der Waals surface area contributed by atoms with Crippen molar-refractivity contribution in [1.29, 1.82) is 0 Å². The lowest BCUT2D eigenvalue weighted by molar-refractivity contribution is 0.0586. The van der Waals surface area contributed by atoms with Crippen molar-refractivity contribution in [2.45, 2.75) is 18.4 Å². The Morgan fingerprint density at radius 3 is 2.79 bits per heavy atom. The number of benzene rings is 1. The quantitative estimate of drug-likeness (QED) is 0.769. The van der Waals surface area contributed by atoms with Crippen molar-refractivity contribution >= 4 is 0 Å². The predicted octanol–water partition coefficient (Wildman–Crippen LogP) is 1.78. The minimum absolute atomic E-state index is 0.374. The molecular weight excluding hydrogens is 174 g/mol. The molecule has 1 aliphatic heterocycles. The van der Waals surface area contributed by atoms with Gasteiger partial charge in [0.05, 0.1) is 6.10 Å². The Morgan fingerprint density at radius 1 is 1.29 bits per heavy atom.